The molecule has 3 aromatic rings. The SMILES string of the molecule is OC1CCC(COC(c2ccccc2)(c2ccccc2)c2ccccc2)CC1. The summed E-state index contributed by atoms with van der Waals surface area (Å²) in [6, 6.07) is 31.6. The molecule has 144 valence electrons. The zero-order chi connectivity index (χ0) is 19.2. The van der Waals surface area contributed by atoms with Gasteiger partial charge in [0.15, 0.2) is 0 Å². The predicted octanol–water partition coefficient (Wildman–Crippen LogP) is 5.55. The molecule has 0 heterocycles. The summed E-state index contributed by atoms with van der Waals surface area (Å²) < 4.78 is 6.88. The van der Waals surface area contributed by atoms with Crippen LogP contribution in [0.5, 0.6) is 0 Å². The van der Waals surface area contributed by atoms with Gasteiger partial charge in [-0.25, -0.2) is 0 Å². The highest BCUT2D eigenvalue weighted by molar-refractivity contribution is 5.47. The van der Waals surface area contributed by atoms with E-state index >= 15 is 0 Å². The fourth-order valence-corrected chi connectivity index (χ4v) is 4.32. The van der Waals surface area contributed by atoms with Gasteiger partial charge in [0, 0.05) is 0 Å². The van der Waals surface area contributed by atoms with Crippen LogP contribution in [0.3, 0.4) is 0 Å². The molecule has 0 saturated heterocycles. The number of aliphatic hydroxyl groups excluding tert-OH is 1. The van der Waals surface area contributed by atoms with E-state index < -0.39 is 5.60 Å². The van der Waals surface area contributed by atoms with Crippen LogP contribution >= 0.6 is 0 Å². The Morgan fingerprint density at radius 2 is 1.04 bits per heavy atom. The molecule has 4 rings (SSSR count). The minimum Gasteiger partial charge on any atom is -0.393 e. The second kappa shape index (κ2) is 8.72. The summed E-state index contributed by atoms with van der Waals surface area (Å²) in [6.07, 6.45) is 3.66. The summed E-state index contributed by atoms with van der Waals surface area (Å²) in [7, 11) is 0. The van der Waals surface area contributed by atoms with Gasteiger partial charge in [0.1, 0.15) is 5.60 Å². The topological polar surface area (TPSA) is 29.5 Å². The standard InChI is InChI=1S/C26H28O2/c27-25-18-16-21(17-19-25)20-28-26(22-10-4-1-5-11-22,23-12-6-2-7-13-23)24-14-8-3-9-15-24/h1-15,21,25,27H,16-20H2. The number of benzene rings is 3. The van der Waals surface area contributed by atoms with Gasteiger partial charge in [-0.15, -0.1) is 0 Å². The molecule has 1 fully saturated rings. The maximum Gasteiger partial charge on any atom is 0.143 e. The highest BCUT2D eigenvalue weighted by Crippen LogP contribution is 2.41. The van der Waals surface area contributed by atoms with Gasteiger partial charge in [-0.2, -0.15) is 0 Å². The van der Waals surface area contributed by atoms with Crippen molar-refractivity contribution in [3.05, 3.63) is 108 Å². The second-order valence-corrected chi connectivity index (χ2v) is 7.76. The van der Waals surface area contributed by atoms with Crippen LogP contribution in [-0.2, 0) is 10.3 Å². The second-order valence-electron chi connectivity index (χ2n) is 7.76. The summed E-state index contributed by atoms with van der Waals surface area (Å²) in [6.45, 7) is 0.686. The van der Waals surface area contributed by atoms with Gasteiger partial charge in [0.25, 0.3) is 0 Å². The first-order valence-electron chi connectivity index (χ1n) is 10.3. The van der Waals surface area contributed by atoms with Gasteiger partial charge < -0.3 is 9.84 Å². The van der Waals surface area contributed by atoms with Crippen LogP contribution in [-0.4, -0.2) is 17.8 Å². The Morgan fingerprint density at radius 1 is 0.643 bits per heavy atom. The first-order valence-corrected chi connectivity index (χ1v) is 10.3. The van der Waals surface area contributed by atoms with E-state index in [1.807, 2.05) is 18.2 Å². The Bertz CT molecular complexity index is 741. The Hall–Kier alpha value is -2.42. The molecule has 0 aliphatic heterocycles. The lowest BCUT2D eigenvalue weighted by atomic mass is 9.79. The number of aliphatic hydroxyl groups is 1. The van der Waals surface area contributed by atoms with Crippen LogP contribution in [0.25, 0.3) is 0 Å². The lowest BCUT2D eigenvalue weighted by Crippen LogP contribution is -2.35. The molecular formula is C26H28O2. The zero-order valence-corrected chi connectivity index (χ0v) is 16.2. The van der Waals surface area contributed by atoms with E-state index in [1.54, 1.807) is 0 Å². The Kier molecular flexibility index (Phi) is 5.90. The van der Waals surface area contributed by atoms with Crippen molar-refractivity contribution in [2.24, 2.45) is 5.92 Å². The summed E-state index contributed by atoms with van der Waals surface area (Å²) in [5, 5.41) is 9.85. The van der Waals surface area contributed by atoms with E-state index in [-0.39, 0.29) is 6.10 Å². The third kappa shape index (κ3) is 3.89. The summed E-state index contributed by atoms with van der Waals surface area (Å²) in [5.74, 6) is 0.485. The van der Waals surface area contributed by atoms with E-state index in [0.29, 0.717) is 12.5 Å². The van der Waals surface area contributed by atoms with Crippen LogP contribution in [0.2, 0.25) is 0 Å². The number of ether oxygens (including phenoxy) is 1. The van der Waals surface area contributed by atoms with Gasteiger partial charge >= 0.3 is 0 Å². The van der Waals surface area contributed by atoms with E-state index in [1.165, 1.54) is 0 Å². The quantitative estimate of drug-likeness (QED) is 0.575. The van der Waals surface area contributed by atoms with Crippen molar-refractivity contribution < 1.29 is 9.84 Å². The van der Waals surface area contributed by atoms with E-state index in [2.05, 4.69) is 72.8 Å². The van der Waals surface area contributed by atoms with Crippen LogP contribution in [0, 0.1) is 5.92 Å². The molecular weight excluding hydrogens is 344 g/mol. The molecule has 0 unspecified atom stereocenters. The van der Waals surface area contributed by atoms with E-state index in [9.17, 15) is 5.11 Å². The molecule has 0 bridgehead atoms. The molecule has 1 aliphatic carbocycles. The molecule has 0 spiro atoms. The number of hydrogen-bond acceptors (Lipinski definition) is 2. The fraction of sp³-hybridized carbons (Fsp3) is 0.308. The van der Waals surface area contributed by atoms with Crippen molar-refractivity contribution in [3.8, 4) is 0 Å². The first kappa shape index (κ1) is 18.9. The molecule has 0 radical (unpaired) electrons. The molecule has 1 saturated carbocycles. The molecule has 1 aliphatic rings. The van der Waals surface area contributed by atoms with Crippen molar-refractivity contribution in [1.29, 1.82) is 0 Å². The first-order chi connectivity index (χ1) is 13.8. The predicted molar refractivity (Wildman–Crippen MR) is 113 cm³/mol. The summed E-state index contributed by atoms with van der Waals surface area (Å²) in [4.78, 5) is 0. The lowest BCUT2D eigenvalue weighted by molar-refractivity contribution is -0.0230. The third-order valence-electron chi connectivity index (χ3n) is 5.89. The van der Waals surface area contributed by atoms with E-state index in [4.69, 9.17) is 4.74 Å². The molecule has 1 N–H and O–H groups in total. The molecule has 0 amide bonds. The maximum absolute atomic E-state index is 9.85. The van der Waals surface area contributed by atoms with Crippen molar-refractivity contribution in [2.75, 3.05) is 6.61 Å². The van der Waals surface area contributed by atoms with Crippen molar-refractivity contribution in [1.82, 2.24) is 0 Å². The van der Waals surface area contributed by atoms with Crippen LogP contribution in [0.1, 0.15) is 42.4 Å². The van der Waals surface area contributed by atoms with E-state index in [0.717, 1.165) is 42.4 Å². The third-order valence-corrected chi connectivity index (χ3v) is 5.89. The summed E-state index contributed by atoms with van der Waals surface area (Å²) in [5.41, 5.74) is 2.79. The van der Waals surface area contributed by atoms with Crippen molar-refractivity contribution in [2.45, 2.75) is 37.4 Å². The molecule has 2 heteroatoms. The minimum atomic E-state index is -0.639. The van der Waals surface area contributed by atoms with Gasteiger partial charge in [0.05, 0.1) is 12.7 Å². The largest absolute Gasteiger partial charge is 0.393 e. The molecule has 3 aromatic carbocycles. The highest BCUT2D eigenvalue weighted by atomic mass is 16.5. The Morgan fingerprint density at radius 3 is 1.43 bits per heavy atom. The zero-order valence-electron chi connectivity index (χ0n) is 16.2. The fourth-order valence-electron chi connectivity index (χ4n) is 4.32. The minimum absolute atomic E-state index is 0.140. The van der Waals surface area contributed by atoms with Crippen LogP contribution in [0.15, 0.2) is 91.0 Å². The van der Waals surface area contributed by atoms with Crippen molar-refractivity contribution >= 4 is 0 Å². The smallest absolute Gasteiger partial charge is 0.143 e. The molecule has 0 atom stereocenters. The van der Waals surface area contributed by atoms with Gasteiger partial charge in [-0.05, 0) is 48.3 Å². The van der Waals surface area contributed by atoms with Gasteiger partial charge in [-0.1, -0.05) is 91.0 Å². The monoisotopic (exact) mass is 372 g/mol. The number of hydrogen-bond donors (Lipinski definition) is 1. The Balaban J connectivity index is 1.77. The average Bonchev–Trinajstić information content (AvgIpc) is 2.78. The van der Waals surface area contributed by atoms with Crippen LogP contribution in [0.4, 0.5) is 0 Å². The Labute approximate surface area is 167 Å². The maximum atomic E-state index is 9.85. The van der Waals surface area contributed by atoms with Gasteiger partial charge in [0.2, 0.25) is 0 Å². The van der Waals surface area contributed by atoms with Crippen molar-refractivity contribution in [3.63, 3.8) is 0 Å². The normalized spacial score (nSPS) is 20.0. The molecule has 2 nitrogen and oxygen atoms in total. The average molecular weight is 373 g/mol. The summed E-state index contributed by atoms with van der Waals surface area (Å²) >= 11 is 0. The molecule has 28 heavy (non-hydrogen) atoms. The highest BCUT2D eigenvalue weighted by Gasteiger charge is 2.38. The van der Waals surface area contributed by atoms with Gasteiger partial charge in [-0.3, -0.25) is 0 Å². The number of rotatable bonds is 6. The molecule has 0 aromatic heterocycles. The van der Waals surface area contributed by atoms with Crippen LogP contribution < -0.4 is 0 Å². The lowest BCUT2D eigenvalue weighted by Gasteiger charge is -2.38.